The van der Waals surface area contributed by atoms with E-state index in [4.69, 9.17) is 14.1 Å². The van der Waals surface area contributed by atoms with Crippen LogP contribution in [0.4, 0.5) is 11.4 Å². The van der Waals surface area contributed by atoms with Crippen LogP contribution in [-0.2, 0) is 9.53 Å². The monoisotopic (exact) mass is 491 g/mol. The van der Waals surface area contributed by atoms with Gasteiger partial charge < -0.3 is 14.5 Å². The summed E-state index contributed by atoms with van der Waals surface area (Å²) in [5.74, 6) is -0.112. The van der Waals surface area contributed by atoms with Crippen molar-refractivity contribution >= 4 is 34.3 Å². The Hall–Kier alpha value is -4.54. The number of fused-ring (bicyclic) bond motifs is 1. The summed E-state index contributed by atoms with van der Waals surface area (Å²) in [6, 6.07) is 7.81. The van der Waals surface area contributed by atoms with Crippen LogP contribution in [0, 0.1) is 30.9 Å². The van der Waals surface area contributed by atoms with Crippen LogP contribution >= 0.6 is 0 Å². The number of rotatable bonds is 7. The van der Waals surface area contributed by atoms with Gasteiger partial charge in [0.05, 0.1) is 27.8 Å². The van der Waals surface area contributed by atoms with Crippen LogP contribution in [-0.4, -0.2) is 38.2 Å². The maximum atomic E-state index is 13.1. The van der Waals surface area contributed by atoms with Gasteiger partial charge in [0.25, 0.3) is 11.6 Å². The van der Waals surface area contributed by atoms with E-state index in [1.54, 1.807) is 30.7 Å². The Morgan fingerprint density at radius 3 is 2.58 bits per heavy atom. The number of esters is 1. The molecule has 3 aromatic heterocycles. The third kappa shape index (κ3) is 4.81. The molecule has 0 saturated heterocycles. The number of aromatic nitrogens is 3. The highest BCUT2D eigenvalue weighted by Gasteiger charge is 2.22. The quantitative estimate of drug-likeness (QED) is 0.218. The fourth-order valence-corrected chi connectivity index (χ4v) is 3.88. The highest BCUT2D eigenvalue weighted by atomic mass is 16.6. The number of nitro benzene ring substituents is 1. The molecular formula is C25H25N5O6. The number of ether oxygens (including phenoxy) is 1. The van der Waals surface area contributed by atoms with Gasteiger partial charge >= 0.3 is 5.97 Å². The average molecular weight is 492 g/mol. The van der Waals surface area contributed by atoms with Crippen molar-refractivity contribution in [2.75, 3.05) is 11.9 Å². The number of hydrogen-bond donors (Lipinski definition) is 1. The molecule has 4 aromatic rings. The lowest BCUT2D eigenvalue weighted by molar-refractivity contribution is -0.384. The van der Waals surface area contributed by atoms with Gasteiger partial charge in [0.2, 0.25) is 0 Å². The maximum Gasteiger partial charge on any atom is 0.339 e. The number of nitro groups is 1. The number of pyridine rings is 1. The topological polar surface area (TPSA) is 142 Å². The van der Waals surface area contributed by atoms with Gasteiger partial charge in [-0.1, -0.05) is 6.07 Å². The largest absolute Gasteiger partial charge is 0.466 e. The van der Waals surface area contributed by atoms with E-state index < -0.39 is 23.4 Å². The third-order valence-corrected chi connectivity index (χ3v) is 5.55. The Balaban J connectivity index is 1.62. The molecule has 0 saturated carbocycles. The van der Waals surface area contributed by atoms with Crippen molar-refractivity contribution < 1.29 is 23.7 Å². The molecule has 1 amide bonds. The van der Waals surface area contributed by atoms with Crippen LogP contribution in [0.3, 0.4) is 0 Å². The minimum absolute atomic E-state index is 0.0163. The van der Waals surface area contributed by atoms with Crippen LogP contribution in [0.15, 0.2) is 40.9 Å². The van der Waals surface area contributed by atoms with E-state index in [1.165, 1.54) is 18.3 Å². The standard InChI is InChI=1S/C25H25N5O6/c1-13(2)29-24-19(11-26-29)18(10-21(28-24)17-9-15(4)36-16(17)5)25(32)35-12-23(31)27-20-7-6-14(3)8-22(20)30(33)34/h6-11,13H,12H2,1-5H3,(H,27,31). The first-order chi connectivity index (χ1) is 17.0. The summed E-state index contributed by atoms with van der Waals surface area (Å²) in [5.41, 5.74) is 2.36. The Morgan fingerprint density at radius 2 is 1.94 bits per heavy atom. The first-order valence-corrected chi connectivity index (χ1v) is 11.2. The fourth-order valence-electron chi connectivity index (χ4n) is 3.88. The van der Waals surface area contributed by atoms with Crippen molar-refractivity contribution in [3.05, 3.63) is 69.3 Å². The molecule has 1 aromatic carbocycles. The van der Waals surface area contributed by atoms with Crippen molar-refractivity contribution in [2.24, 2.45) is 0 Å². The van der Waals surface area contributed by atoms with Crippen LogP contribution in [0.2, 0.25) is 0 Å². The predicted molar refractivity (Wildman–Crippen MR) is 132 cm³/mol. The van der Waals surface area contributed by atoms with Crippen molar-refractivity contribution in [1.82, 2.24) is 14.8 Å². The molecule has 0 radical (unpaired) electrons. The number of benzene rings is 1. The summed E-state index contributed by atoms with van der Waals surface area (Å²) >= 11 is 0. The predicted octanol–water partition coefficient (Wildman–Crippen LogP) is 4.90. The first-order valence-electron chi connectivity index (χ1n) is 11.2. The minimum atomic E-state index is -0.751. The van der Waals surface area contributed by atoms with Gasteiger partial charge in [0.15, 0.2) is 12.3 Å². The highest BCUT2D eigenvalue weighted by molar-refractivity contribution is 6.05. The smallest absolute Gasteiger partial charge is 0.339 e. The third-order valence-electron chi connectivity index (χ3n) is 5.55. The van der Waals surface area contributed by atoms with Crippen LogP contribution in [0.25, 0.3) is 22.3 Å². The Labute approximate surface area is 206 Å². The molecule has 0 aliphatic heterocycles. The van der Waals surface area contributed by atoms with Gasteiger partial charge in [-0.2, -0.15) is 5.10 Å². The molecule has 3 heterocycles. The zero-order valence-electron chi connectivity index (χ0n) is 20.5. The van der Waals surface area contributed by atoms with Crippen molar-refractivity contribution in [3.8, 4) is 11.3 Å². The molecule has 0 aliphatic rings. The Kier molecular flexibility index (Phi) is 6.56. The maximum absolute atomic E-state index is 13.1. The number of hydrogen-bond acceptors (Lipinski definition) is 8. The van der Waals surface area contributed by atoms with E-state index >= 15 is 0 Å². The molecule has 11 heteroatoms. The van der Waals surface area contributed by atoms with Crippen molar-refractivity contribution in [1.29, 1.82) is 0 Å². The lowest BCUT2D eigenvalue weighted by atomic mass is 10.1. The average Bonchev–Trinajstić information content (AvgIpc) is 3.40. The van der Waals surface area contributed by atoms with Gasteiger partial charge in [-0.05, 0) is 58.4 Å². The number of carbonyl (C=O) groups excluding carboxylic acids is 2. The van der Waals surface area contributed by atoms with E-state index in [2.05, 4.69) is 10.4 Å². The molecule has 0 spiro atoms. The molecule has 0 fully saturated rings. The number of nitrogens with zero attached hydrogens (tertiary/aromatic N) is 4. The Bertz CT molecular complexity index is 1500. The summed E-state index contributed by atoms with van der Waals surface area (Å²) in [4.78, 5) is 41.0. The van der Waals surface area contributed by atoms with E-state index in [0.29, 0.717) is 33.8 Å². The van der Waals surface area contributed by atoms with Crippen LogP contribution < -0.4 is 5.32 Å². The summed E-state index contributed by atoms with van der Waals surface area (Å²) in [6.07, 6.45) is 1.53. The molecule has 0 unspecified atom stereocenters. The Morgan fingerprint density at radius 1 is 1.19 bits per heavy atom. The number of amides is 1. The summed E-state index contributed by atoms with van der Waals surface area (Å²) in [5, 5.41) is 18.6. The van der Waals surface area contributed by atoms with Gasteiger partial charge in [-0.3, -0.25) is 14.9 Å². The second-order valence-corrected chi connectivity index (χ2v) is 8.70. The number of nitrogens with one attached hydrogen (secondary N) is 1. The normalized spacial score (nSPS) is 11.2. The van der Waals surface area contributed by atoms with E-state index in [9.17, 15) is 19.7 Å². The lowest BCUT2D eigenvalue weighted by Crippen LogP contribution is -2.21. The fraction of sp³-hybridized carbons (Fsp3) is 0.280. The molecule has 0 aliphatic carbocycles. The van der Waals surface area contributed by atoms with E-state index in [-0.39, 0.29) is 23.0 Å². The summed E-state index contributed by atoms with van der Waals surface area (Å²) < 4.78 is 12.6. The summed E-state index contributed by atoms with van der Waals surface area (Å²) in [6.45, 7) is 8.59. The van der Waals surface area contributed by atoms with Crippen LogP contribution in [0.1, 0.15) is 47.3 Å². The zero-order valence-corrected chi connectivity index (χ0v) is 20.5. The van der Waals surface area contributed by atoms with Gasteiger partial charge in [-0.15, -0.1) is 0 Å². The second-order valence-electron chi connectivity index (χ2n) is 8.70. The van der Waals surface area contributed by atoms with Gasteiger partial charge in [0, 0.05) is 17.7 Å². The SMILES string of the molecule is Cc1ccc(NC(=O)COC(=O)c2cc(-c3cc(C)oc3C)nc3c2cnn3C(C)C)c([N+](=O)[O-])c1. The van der Waals surface area contributed by atoms with Crippen LogP contribution in [0.5, 0.6) is 0 Å². The number of carbonyl (C=O) groups is 2. The van der Waals surface area contributed by atoms with Gasteiger partial charge in [-0.25, -0.2) is 14.5 Å². The zero-order chi connectivity index (χ0) is 26.1. The number of anilines is 1. The van der Waals surface area contributed by atoms with Crippen molar-refractivity contribution in [2.45, 2.75) is 40.7 Å². The highest BCUT2D eigenvalue weighted by Crippen LogP contribution is 2.30. The first kappa shape index (κ1) is 24.6. The molecule has 0 bridgehead atoms. The van der Waals surface area contributed by atoms with E-state index in [1.807, 2.05) is 26.8 Å². The van der Waals surface area contributed by atoms with Crippen molar-refractivity contribution in [3.63, 3.8) is 0 Å². The number of aryl methyl sites for hydroxylation is 3. The number of furan rings is 1. The molecule has 36 heavy (non-hydrogen) atoms. The molecule has 4 rings (SSSR count). The minimum Gasteiger partial charge on any atom is -0.466 e. The van der Waals surface area contributed by atoms with Gasteiger partial charge in [0.1, 0.15) is 17.2 Å². The molecule has 0 atom stereocenters. The molecule has 186 valence electrons. The second kappa shape index (κ2) is 9.61. The summed E-state index contributed by atoms with van der Waals surface area (Å²) in [7, 11) is 0. The molecular weight excluding hydrogens is 466 g/mol. The lowest BCUT2D eigenvalue weighted by Gasteiger charge is -2.11. The van der Waals surface area contributed by atoms with E-state index in [0.717, 1.165) is 5.56 Å². The molecule has 1 N–H and O–H groups in total. The molecule has 11 nitrogen and oxygen atoms in total.